The number of carbonyl (C=O) groups excluding carboxylic acids is 2. The molecule has 0 aliphatic carbocycles. The van der Waals surface area contributed by atoms with Crippen LogP contribution in [0, 0.1) is 0 Å². The van der Waals surface area contributed by atoms with Gasteiger partial charge in [-0.1, -0.05) is 360 Å². The molecule has 78 heavy (non-hydrogen) atoms. The summed E-state index contributed by atoms with van der Waals surface area (Å²) < 4.78 is 5.50. The minimum Gasteiger partial charge on any atom is -0.466 e. The van der Waals surface area contributed by atoms with Gasteiger partial charge in [0.1, 0.15) is 0 Å². The van der Waals surface area contributed by atoms with Crippen molar-refractivity contribution in [2.45, 2.75) is 424 Å². The van der Waals surface area contributed by atoms with Gasteiger partial charge in [0.2, 0.25) is 5.91 Å². The van der Waals surface area contributed by atoms with Gasteiger partial charge in [0.15, 0.2) is 0 Å². The normalized spacial score (nSPS) is 12.5. The third-order valence-electron chi connectivity index (χ3n) is 17.1. The van der Waals surface area contributed by atoms with Gasteiger partial charge in [-0.3, -0.25) is 9.59 Å². The van der Waals surface area contributed by atoms with Crippen molar-refractivity contribution in [2.24, 2.45) is 0 Å². The highest BCUT2D eigenvalue weighted by atomic mass is 16.5. The molecule has 0 saturated carbocycles. The second-order valence-corrected chi connectivity index (χ2v) is 24.9. The Bertz CT molecular complexity index is 1180. The predicted molar refractivity (Wildman–Crippen MR) is 343 cm³/mol. The fraction of sp³-hybridized carbons (Fsp3) is 0.944. The number of amides is 1. The van der Waals surface area contributed by atoms with E-state index in [9.17, 15) is 19.8 Å². The lowest BCUT2D eigenvalue weighted by molar-refractivity contribution is -0.143. The number of nitrogens with one attached hydrogen (secondary N) is 1. The molecule has 0 aromatic rings. The summed E-state index contributed by atoms with van der Waals surface area (Å²) in [6.45, 7) is 5.00. The van der Waals surface area contributed by atoms with Crippen LogP contribution in [0.15, 0.2) is 12.2 Å². The molecule has 0 spiro atoms. The smallest absolute Gasteiger partial charge is 0.305 e. The van der Waals surface area contributed by atoms with Gasteiger partial charge in [0, 0.05) is 12.8 Å². The maximum atomic E-state index is 12.6. The van der Waals surface area contributed by atoms with Crippen molar-refractivity contribution in [3.05, 3.63) is 12.2 Å². The quantitative estimate of drug-likeness (QED) is 0.0320. The molecule has 0 bridgehead atoms. The topological polar surface area (TPSA) is 95.9 Å². The van der Waals surface area contributed by atoms with Gasteiger partial charge in [-0.05, 0) is 51.4 Å². The molecule has 0 aliphatic rings. The zero-order valence-corrected chi connectivity index (χ0v) is 53.2. The van der Waals surface area contributed by atoms with Gasteiger partial charge in [-0.25, -0.2) is 0 Å². The van der Waals surface area contributed by atoms with E-state index in [1.165, 1.54) is 340 Å². The summed E-state index contributed by atoms with van der Waals surface area (Å²) in [5.41, 5.74) is 0. The van der Waals surface area contributed by atoms with Gasteiger partial charge in [0.05, 0.1) is 25.4 Å². The van der Waals surface area contributed by atoms with Gasteiger partial charge >= 0.3 is 5.97 Å². The Balaban J connectivity index is 3.40. The summed E-state index contributed by atoms with van der Waals surface area (Å²) in [5.74, 6) is -0.0240. The molecule has 0 aromatic carbocycles. The van der Waals surface area contributed by atoms with E-state index in [-0.39, 0.29) is 18.5 Å². The number of rotatable bonds is 68. The lowest BCUT2D eigenvalue weighted by atomic mass is 10.0. The largest absolute Gasteiger partial charge is 0.466 e. The molecule has 2 unspecified atom stereocenters. The number of hydrogen-bond acceptors (Lipinski definition) is 5. The monoisotopic (exact) mass is 1100 g/mol. The highest BCUT2D eigenvalue weighted by Crippen LogP contribution is 2.19. The second-order valence-electron chi connectivity index (χ2n) is 24.9. The Morgan fingerprint density at radius 2 is 0.603 bits per heavy atom. The summed E-state index contributed by atoms with van der Waals surface area (Å²) in [7, 11) is 0. The minimum absolute atomic E-state index is 0.0136. The van der Waals surface area contributed by atoms with Crippen molar-refractivity contribution in [1.82, 2.24) is 5.32 Å². The van der Waals surface area contributed by atoms with Crippen LogP contribution in [0.4, 0.5) is 0 Å². The number of allylic oxidation sites excluding steroid dienone is 2. The van der Waals surface area contributed by atoms with Gasteiger partial charge in [0.25, 0.3) is 0 Å². The van der Waals surface area contributed by atoms with E-state index in [4.69, 9.17) is 4.74 Å². The first-order valence-electron chi connectivity index (χ1n) is 35.9. The number of unbranched alkanes of at least 4 members (excludes halogenated alkanes) is 55. The van der Waals surface area contributed by atoms with Crippen LogP contribution >= 0.6 is 0 Å². The lowest BCUT2D eigenvalue weighted by Gasteiger charge is -2.22. The summed E-state index contributed by atoms with van der Waals surface area (Å²) >= 11 is 0. The van der Waals surface area contributed by atoms with Crippen molar-refractivity contribution in [3.63, 3.8) is 0 Å². The van der Waals surface area contributed by atoms with E-state index < -0.39 is 12.1 Å². The fourth-order valence-corrected chi connectivity index (χ4v) is 11.6. The summed E-state index contributed by atoms with van der Waals surface area (Å²) in [5, 5.41) is 23.4. The van der Waals surface area contributed by atoms with Gasteiger partial charge < -0.3 is 20.3 Å². The molecular formula is C72H141NO5. The van der Waals surface area contributed by atoms with Crippen molar-refractivity contribution < 1.29 is 24.5 Å². The first-order valence-corrected chi connectivity index (χ1v) is 35.9. The van der Waals surface area contributed by atoms with Crippen molar-refractivity contribution in [1.29, 1.82) is 0 Å². The average molecular weight is 1100 g/mol. The Labute approximate surface area is 489 Å². The number of ether oxygens (including phenoxy) is 1. The molecule has 0 fully saturated rings. The molecule has 0 saturated heterocycles. The van der Waals surface area contributed by atoms with E-state index in [0.717, 1.165) is 38.5 Å². The first-order chi connectivity index (χ1) is 38.5. The van der Waals surface area contributed by atoms with E-state index in [2.05, 4.69) is 31.3 Å². The maximum Gasteiger partial charge on any atom is 0.305 e. The number of esters is 1. The fourth-order valence-electron chi connectivity index (χ4n) is 11.6. The van der Waals surface area contributed by atoms with Crippen LogP contribution in [0.25, 0.3) is 0 Å². The zero-order chi connectivity index (χ0) is 56.4. The third-order valence-corrected chi connectivity index (χ3v) is 17.1. The second kappa shape index (κ2) is 68.1. The number of aliphatic hydroxyl groups is 2. The van der Waals surface area contributed by atoms with Crippen LogP contribution in [0.5, 0.6) is 0 Å². The van der Waals surface area contributed by atoms with Crippen LogP contribution < -0.4 is 5.32 Å². The highest BCUT2D eigenvalue weighted by molar-refractivity contribution is 5.76. The van der Waals surface area contributed by atoms with Crippen molar-refractivity contribution in [2.75, 3.05) is 13.2 Å². The zero-order valence-electron chi connectivity index (χ0n) is 53.2. The molecule has 464 valence electrons. The lowest BCUT2D eigenvalue weighted by Crippen LogP contribution is -2.45. The molecule has 0 aromatic heterocycles. The SMILES string of the molecule is CCCCCCCCCCCCCCCCCCCCCCCCCC(O)C(CO)NC(=O)CCCCCCCCC/C=C\CCCCCCCCCCCCOC(=O)CCCCCCCCCCCCCCCCCCC. The Hall–Kier alpha value is -1.40. The molecule has 2 atom stereocenters. The van der Waals surface area contributed by atoms with Gasteiger partial charge in [-0.2, -0.15) is 0 Å². The molecule has 3 N–H and O–H groups in total. The molecule has 0 rings (SSSR count). The first kappa shape index (κ1) is 76.6. The molecule has 1 amide bonds. The standard InChI is InChI=1S/C72H141NO5/c1-3-5-7-9-11-13-15-17-19-21-22-23-24-26-29-33-36-40-44-48-52-56-60-64-70(75)69(68-74)73-71(76)65-61-57-53-49-45-41-37-34-30-27-25-28-31-35-39-43-47-51-55-59-63-67-78-72(77)66-62-58-54-50-46-42-38-32-20-18-16-14-12-10-8-6-4-2/h27,30,69-70,74-75H,3-26,28-29,31-68H2,1-2H3,(H,73,76)/b30-27-. The predicted octanol–water partition coefficient (Wildman–Crippen LogP) is 23.1. The van der Waals surface area contributed by atoms with Crippen LogP contribution in [-0.2, 0) is 14.3 Å². The summed E-state index contributed by atoms with van der Waals surface area (Å²) in [6, 6.07) is -0.548. The van der Waals surface area contributed by atoms with Crippen molar-refractivity contribution >= 4 is 11.9 Å². The summed E-state index contributed by atoms with van der Waals surface area (Å²) in [4.78, 5) is 24.7. The summed E-state index contributed by atoms with van der Waals surface area (Å²) in [6.07, 6.45) is 84.0. The van der Waals surface area contributed by atoms with Crippen LogP contribution in [0.3, 0.4) is 0 Å². The van der Waals surface area contributed by atoms with Crippen molar-refractivity contribution in [3.8, 4) is 0 Å². The Kier molecular flexibility index (Phi) is 66.9. The molecule has 0 radical (unpaired) electrons. The third kappa shape index (κ3) is 63.8. The van der Waals surface area contributed by atoms with Crippen LogP contribution in [0.2, 0.25) is 0 Å². The van der Waals surface area contributed by atoms with Crippen LogP contribution in [-0.4, -0.2) is 47.4 Å². The number of aliphatic hydroxyl groups excluding tert-OH is 2. The number of hydrogen-bond donors (Lipinski definition) is 3. The molecule has 0 heterocycles. The van der Waals surface area contributed by atoms with Crippen LogP contribution in [0.1, 0.15) is 412 Å². The van der Waals surface area contributed by atoms with Gasteiger partial charge in [-0.15, -0.1) is 0 Å². The van der Waals surface area contributed by atoms with E-state index in [0.29, 0.717) is 25.9 Å². The number of carbonyl (C=O) groups is 2. The maximum absolute atomic E-state index is 12.6. The van der Waals surface area contributed by atoms with E-state index in [1.807, 2.05) is 0 Å². The molecule has 6 heteroatoms. The Morgan fingerprint density at radius 1 is 0.346 bits per heavy atom. The molecular weight excluding hydrogens is 959 g/mol. The van der Waals surface area contributed by atoms with E-state index >= 15 is 0 Å². The Morgan fingerprint density at radius 3 is 0.910 bits per heavy atom. The molecule has 6 nitrogen and oxygen atoms in total. The molecule has 0 aliphatic heterocycles. The highest BCUT2D eigenvalue weighted by Gasteiger charge is 2.20. The van der Waals surface area contributed by atoms with E-state index in [1.54, 1.807) is 0 Å². The average Bonchev–Trinajstić information content (AvgIpc) is 3.44. The minimum atomic E-state index is -0.670.